The Morgan fingerprint density at radius 1 is 1.39 bits per heavy atom. The lowest BCUT2D eigenvalue weighted by Crippen LogP contribution is -2.43. The van der Waals surface area contributed by atoms with Crippen LogP contribution in [0, 0.1) is 11.3 Å². The van der Waals surface area contributed by atoms with Gasteiger partial charge in [-0.3, -0.25) is 0 Å². The molecule has 4 rings (SSSR count). The highest BCUT2D eigenvalue weighted by Crippen LogP contribution is 2.34. The lowest BCUT2D eigenvalue weighted by atomic mass is 10.1. The number of fused-ring (bicyclic) bond motifs is 1. The molecule has 140 valence electrons. The maximum atomic E-state index is 9.32. The lowest BCUT2D eigenvalue weighted by Gasteiger charge is -2.32. The van der Waals surface area contributed by atoms with Crippen LogP contribution in [0.5, 0.6) is 0 Å². The van der Waals surface area contributed by atoms with Gasteiger partial charge in [-0.2, -0.15) is 10.2 Å². The molecule has 0 saturated carbocycles. The van der Waals surface area contributed by atoms with Gasteiger partial charge in [0.1, 0.15) is 29.1 Å². The summed E-state index contributed by atoms with van der Waals surface area (Å²) in [5.74, 6) is 1.97. The topological polar surface area (TPSA) is 116 Å². The molecule has 0 bridgehead atoms. The van der Waals surface area contributed by atoms with E-state index in [0.717, 1.165) is 22.9 Å². The van der Waals surface area contributed by atoms with Crippen molar-refractivity contribution in [2.75, 3.05) is 16.0 Å². The van der Waals surface area contributed by atoms with Gasteiger partial charge < -0.3 is 16.0 Å². The number of aliphatic imine (C=N–C) groups is 1. The van der Waals surface area contributed by atoms with Crippen molar-refractivity contribution in [3.05, 3.63) is 51.4 Å². The molecule has 1 aliphatic heterocycles. The second-order valence-corrected chi connectivity index (χ2v) is 7.23. The van der Waals surface area contributed by atoms with Crippen molar-refractivity contribution in [2.45, 2.75) is 19.5 Å². The first-order valence-electron chi connectivity index (χ1n) is 8.37. The predicted molar refractivity (Wildman–Crippen MR) is 111 cm³/mol. The molecule has 3 heterocycles. The molecule has 1 aromatic carbocycles. The van der Waals surface area contributed by atoms with E-state index in [1.807, 2.05) is 35.4 Å². The van der Waals surface area contributed by atoms with Gasteiger partial charge in [0.2, 0.25) is 5.95 Å². The number of rotatable bonds is 4. The van der Waals surface area contributed by atoms with E-state index in [2.05, 4.69) is 26.3 Å². The summed E-state index contributed by atoms with van der Waals surface area (Å²) in [6.45, 7) is 2.48. The van der Waals surface area contributed by atoms with Crippen molar-refractivity contribution in [1.29, 1.82) is 5.26 Å². The van der Waals surface area contributed by atoms with E-state index < -0.39 is 0 Å². The second-order valence-electron chi connectivity index (χ2n) is 6.11. The van der Waals surface area contributed by atoms with E-state index in [-0.39, 0.29) is 12.0 Å². The van der Waals surface area contributed by atoms with E-state index in [4.69, 9.17) is 22.3 Å². The summed E-state index contributed by atoms with van der Waals surface area (Å²) >= 11 is 7.89. The monoisotopic (exact) mass is 410 g/mol. The Morgan fingerprint density at radius 3 is 3.00 bits per heavy atom. The highest BCUT2D eigenvalue weighted by molar-refractivity contribution is 7.07. The smallest absolute Gasteiger partial charge is 0.222 e. The Bertz CT molecular complexity index is 1090. The molecule has 0 fully saturated rings. The first kappa shape index (κ1) is 18.2. The third-order valence-corrected chi connectivity index (χ3v) is 5.21. The van der Waals surface area contributed by atoms with Gasteiger partial charge in [-0.05, 0) is 19.1 Å². The van der Waals surface area contributed by atoms with Crippen LogP contribution in [0.2, 0.25) is 5.02 Å². The maximum Gasteiger partial charge on any atom is 0.222 e. The van der Waals surface area contributed by atoms with Crippen LogP contribution in [0.1, 0.15) is 18.1 Å². The second kappa shape index (κ2) is 7.42. The molecule has 3 N–H and O–H groups in total. The molecule has 0 aliphatic carbocycles. The molecule has 0 radical (unpaired) electrons. The first-order valence-corrected chi connectivity index (χ1v) is 9.69. The summed E-state index contributed by atoms with van der Waals surface area (Å²) in [5, 5.41) is 15.2. The normalized spacial score (nSPS) is 14.0. The van der Waals surface area contributed by atoms with E-state index in [1.54, 1.807) is 5.51 Å². The van der Waals surface area contributed by atoms with Gasteiger partial charge in [0, 0.05) is 16.0 Å². The maximum absolute atomic E-state index is 9.32. The minimum Gasteiger partial charge on any atom is -0.368 e. The third-order valence-electron chi connectivity index (χ3n) is 4.29. The Balaban J connectivity index is 1.74. The van der Waals surface area contributed by atoms with Crippen LogP contribution in [0.4, 0.5) is 23.3 Å². The number of nitrogens with one attached hydrogen (secondary N) is 1. The fourth-order valence-corrected chi connectivity index (χ4v) is 3.73. The fourth-order valence-electron chi connectivity index (χ4n) is 2.96. The van der Waals surface area contributed by atoms with Crippen molar-refractivity contribution in [3.63, 3.8) is 0 Å². The highest BCUT2D eigenvalue weighted by atomic mass is 35.5. The quantitative estimate of drug-likeness (QED) is 0.674. The van der Waals surface area contributed by atoms with Crippen molar-refractivity contribution in [1.82, 2.24) is 15.0 Å². The number of amidine groups is 1. The molecule has 1 unspecified atom stereocenters. The van der Waals surface area contributed by atoms with E-state index in [1.165, 1.54) is 17.5 Å². The van der Waals surface area contributed by atoms with Crippen LogP contribution in [0.3, 0.4) is 0 Å². The van der Waals surface area contributed by atoms with Gasteiger partial charge >= 0.3 is 0 Å². The van der Waals surface area contributed by atoms with Crippen LogP contribution in [0.15, 0.2) is 40.3 Å². The number of halogens is 1. The average molecular weight is 411 g/mol. The van der Waals surface area contributed by atoms with Gasteiger partial charge in [0.15, 0.2) is 0 Å². The number of nitriles is 1. The Kier molecular flexibility index (Phi) is 4.81. The highest BCUT2D eigenvalue weighted by Gasteiger charge is 2.28. The standard InChI is InChI=1S/C18H15ClN8S/c1-10(24-16-11(5-20)6-22-18(21)26-16)17-25-14-4-2-3-13(19)12(14)7-27(17)15-8-28-9-23-15/h2-4,6,8-10H,7H2,1H3,(H3,21,22,24,26). The zero-order valence-electron chi connectivity index (χ0n) is 14.8. The van der Waals surface area contributed by atoms with Gasteiger partial charge in [-0.1, -0.05) is 17.7 Å². The molecule has 2 aromatic heterocycles. The number of anilines is 3. The summed E-state index contributed by atoms with van der Waals surface area (Å²) < 4.78 is 0. The summed E-state index contributed by atoms with van der Waals surface area (Å²) in [6, 6.07) is 7.44. The molecule has 8 nitrogen and oxygen atoms in total. The number of nitrogens with two attached hydrogens (primary N) is 1. The fraction of sp³-hybridized carbons (Fsp3) is 0.167. The number of hydrogen-bond acceptors (Lipinski definition) is 9. The summed E-state index contributed by atoms with van der Waals surface area (Å²) in [5.41, 5.74) is 9.51. The molecular weight excluding hydrogens is 396 g/mol. The molecule has 1 atom stereocenters. The molecular formula is C18H15ClN8S. The van der Waals surface area contributed by atoms with E-state index in [0.29, 0.717) is 22.9 Å². The van der Waals surface area contributed by atoms with Crippen molar-refractivity contribution >= 4 is 52.0 Å². The van der Waals surface area contributed by atoms with Crippen LogP contribution in [0.25, 0.3) is 0 Å². The molecule has 1 aliphatic rings. The Hall–Kier alpha value is -3.22. The summed E-state index contributed by atoms with van der Waals surface area (Å²) in [7, 11) is 0. The van der Waals surface area contributed by atoms with E-state index in [9.17, 15) is 5.26 Å². The molecule has 0 spiro atoms. The lowest BCUT2D eigenvalue weighted by molar-refractivity contribution is 0.892. The SMILES string of the molecule is CC(Nc1nc(N)ncc1C#N)C1=Nc2cccc(Cl)c2CN1c1cscn1. The van der Waals surface area contributed by atoms with Crippen molar-refractivity contribution in [3.8, 4) is 6.07 Å². The van der Waals surface area contributed by atoms with Crippen LogP contribution in [-0.4, -0.2) is 26.8 Å². The van der Waals surface area contributed by atoms with Gasteiger partial charge in [0.25, 0.3) is 0 Å². The minimum absolute atomic E-state index is 0.0905. The van der Waals surface area contributed by atoms with Gasteiger partial charge in [-0.25, -0.2) is 15.0 Å². The number of thiazole rings is 1. The largest absolute Gasteiger partial charge is 0.368 e. The van der Waals surface area contributed by atoms with Crippen LogP contribution < -0.4 is 16.0 Å². The van der Waals surface area contributed by atoms with Crippen LogP contribution >= 0.6 is 22.9 Å². The van der Waals surface area contributed by atoms with Crippen molar-refractivity contribution in [2.24, 2.45) is 4.99 Å². The van der Waals surface area contributed by atoms with Gasteiger partial charge in [0.05, 0.1) is 30.0 Å². The number of nitrogens with zero attached hydrogens (tertiary/aromatic N) is 6. The molecule has 28 heavy (non-hydrogen) atoms. The third kappa shape index (κ3) is 3.35. The number of aromatic nitrogens is 3. The molecule has 3 aromatic rings. The van der Waals surface area contributed by atoms with E-state index >= 15 is 0 Å². The molecule has 0 amide bonds. The summed E-state index contributed by atoms with van der Waals surface area (Å²) in [6.07, 6.45) is 1.40. The first-order chi connectivity index (χ1) is 13.6. The van der Waals surface area contributed by atoms with Crippen LogP contribution in [-0.2, 0) is 6.54 Å². The Labute approximate surface area is 170 Å². The van der Waals surface area contributed by atoms with Gasteiger partial charge in [-0.15, -0.1) is 11.3 Å². The molecule has 0 saturated heterocycles. The average Bonchev–Trinajstić information content (AvgIpc) is 3.22. The zero-order chi connectivity index (χ0) is 19.7. The number of nitrogen functional groups attached to an aromatic ring is 1. The van der Waals surface area contributed by atoms with Crippen molar-refractivity contribution < 1.29 is 0 Å². The Morgan fingerprint density at radius 2 is 2.25 bits per heavy atom. The minimum atomic E-state index is -0.282. The zero-order valence-corrected chi connectivity index (χ0v) is 16.4. The number of hydrogen-bond donors (Lipinski definition) is 2. The summed E-state index contributed by atoms with van der Waals surface area (Å²) in [4.78, 5) is 19.3. The molecule has 10 heteroatoms. The number of benzene rings is 1. The predicted octanol–water partition coefficient (Wildman–Crippen LogP) is 3.59.